The Morgan fingerprint density at radius 2 is 2.31 bits per heavy atom. The van der Waals surface area contributed by atoms with Gasteiger partial charge < -0.3 is 5.11 Å². The van der Waals surface area contributed by atoms with Gasteiger partial charge in [0.15, 0.2) is 0 Å². The van der Waals surface area contributed by atoms with Crippen molar-refractivity contribution in [2.24, 2.45) is 0 Å². The Kier molecular flexibility index (Phi) is 3.14. The van der Waals surface area contributed by atoms with Crippen molar-refractivity contribution in [3.05, 3.63) is 42.0 Å². The molecule has 0 spiro atoms. The molecule has 0 atom stereocenters. The second-order valence-corrected chi connectivity index (χ2v) is 3.08. The Labute approximate surface area is 82.3 Å². The maximum absolute atomic E-state index is 10.8. The third kappa shape index (κ3) is 2.12. The molecule has 0 aromatic heterocycles. The van der Waals surface area contributed by atoms with Crippen LogP contribution in [0.15, 0.2) is 35.7 Å². The van der Waals surface area contributed by atoms with Crippen LogP contribution in [0.3, 0.4) is 0 Å². The molecule has 0 amide bonds. The standard InChI is InChI=1S/C10H10O2S/c1-2-4-7-8(10(11)12)5-3-6-9(7)13/h2-3,5-6,13H,1,4H2,(H,11,12). The van der Waals surface area contributed by atoms with E-state index in [-0.39, 0.29) is 0 Å². The summed E-state index contributed by atoms with van der Waals surface area (Å²) in [5.41, 5.74) is 1.01. The first kappa shape index (κ1) is 9.86. The van der Waals surface area contributed by atoms with E-state index < -0.39 is 5.97 Å². The van der Waals surface area contributed by atoms with Crippen LogP contribution in [0.5, 0.6) is 0 Å². The molecule has 0 aliphatic heterocycles. The van der Waals surface area contributed by atoms with Crippen LogP contribution in [0.4, 0.5) is 0 Å². The molecule has 0 fully saturated rings. The molecule has 0 bridgehead atoms. The van der Waals surface area contributed by atoms with Crippen molar-refractivity contribution in [2.45, 2.75) is 11.3 Å². The van der Waals surface area contributed by atoms with Gasteiger partial charge in [-0.05, 0) is 24.1 Å². The molecule has 2 nitrogen and oxygen atoms in total. The molecule has 0 aliphatic carbocycles. The number of benzene rings is 1. The van der Waals surface area contributed by atoms with Gasteiger partial charge in [-0.25, -0.2) is 4.79 Å². The quantitative estimate of drug-likeness (QED) is 0.572. The van der Waals surface area contributed by atoms with Crippen LogP contribution >= 0.6 is 12.6 Å². The van der Waals surface area contributed by atoms with Gasteiger partial charge in [-0.1, -0.05) is 12.1 Å². The molecule has 1 aromatic carbocycles. The normalized spacial score (nSPS) is 9.62. The van der Waals surface area contributed by atoms with Crippen LogP contribution in [0.2, 0.25) is 0 Å². The van der Waals surface area contributed by atoms with E-state index in [0.717, 1.165) is 0 Å². The van der Waals surface area contributed by atoms with E-state index in [9.17, 15) is 4.79 Å². The van der Waals surface area contributed by atoms with Crippen molar-refractivity contribution in [3.8, 4) is 0 Å². The van der Waals surface area contributed by atoms with Gasteiger partial charge in [0.25, 0.3) is 0 Å². The van der Waals surface area contributed by atoms with E-state index in [1.54, 1.807) is 24.3 Å². The van der Waals surface area contributed by atoms with Crippen LogP contribution in [0.1, 0.15) is 15.9 Å². The summed E-state index contributed by atoms with van der Waals surface area (Å²) in [5, 5.41) is 8.85. The average Bonchev–Trinajstić information content (AvgIpc) is 2.08. The summed E-state index contributed by atoms with van der Waals surface area (Å²) in [6.45, 7) is 3.57. The van der Waals surface area contributed by atoms with E-state index in [1.807, 2.05) is 0 Å². The van der Waals surface area contributed by atoms with E-state index in [0.29, 0.717) is 22.4 Å². The maximum atomic E-state index is 10.8. The van der Waals surface area contributed by atoms with Crippen LogP contribution in [0.25, 0.3) is 0 Å². The SMILES string of the molecule is C=CCc1c(S)cccc1C(=O)O. The van der Waals surface area contributed by atoms with Crippen LogP contribution in [0, 0.1) is 0 Å². The van der Waals surface area contributed by atoms with Crippen molar-refractivity contribution in [1.82, 2.24) is 0 Å². The number of rotatable bonds is 3. The largest absolute Gasteiger partial charge is 0.478 e. The van der Waals surface area contributed by atoms with Crippen LogP contribution in [-0.2, 0) is 6.42 Å². The molecule has 13 heavy (non-hydrogen) atoms. The molecule has 0 heterocycles. The third-order valence-corrected chi connectivity index (χ3v) is 2.15. The first-order valence-corrected chi connectivity index (χ1v) is 4.26. The minimum atomic E-state index is -0.923. The lowest BCUT2D eigenvalue weighted by atomic mass is 10.0. The zero-order valence-electron chi connectivity index (χ0n) is 7.03. The van der Waals surface area contributed by atoms with E-state index in [2.05, 4.69) is 19.2 Å². The summed E-state index contributed by atoms with van der Waals surface area (Å²) in [5.74, 6) is -0.923. The molecule has 0 aliphatic rings. The topological polar surface area (TPSA) is 37.3 Å². The fourth-order valence-corrected chi connectivity index (χ4v) is 1.43. The van der Waals surface area contributed by atoms with Gasteiger partial charge in [-0.15, -0.1) is 19.2 Å². The molecule has 3 heteroatoms. The Morgan fingerprint density at radius 1 is 1.62 bits per heavy atom. The summed E-state index contributed by atoms with van der Waals surface area (Å²) in [7, 11) is 0. The molecule has 0 unspecified atom stereocenters. The molecular formula is C10H10O2S. The molecule has 1 rings (SSSR count). The highest BCUT2D eigenvalue weighted by atomic mass is 32.1. The fraction of sp³-hybridized carbons (Fsp3) is 0.100. The number of hydrogen-bond acceptors (Lipinski definition) is 2. The predicted molar refractivity (Wildman–Crippen MR) is 54.6 cm³/mol. The maximum Gasteiger partial charge on any atom is 0.336 e. The Bertz CT molecular complexity index is 345. The number of aromatic carboxylic acids is 1. The van der Waals surface area contributed by atoms with Gasteiger partial charge in [-0.3, -0.25) is 0 Å². The van der Waals surface area contributed by atoms with E-state index in [4.69, 9.17) is 5.11 Å². The van der Waals surface area contributed by atoms with Crippen LogP contribution < -0.4 is 0 Å². The van der Waals surface area contributed by atoms with Crippen molar-refractivity contribution in [3.63, 3.8) is 0 Å². The summed E-state index contributed by atoms with van der Waals surface area (Å²) < 4.78 is 0. The first-order chi connectivity index (χ1) is 6.16. The van der Waals surface area contributed by atoms with E-state index >= 15 is 0 Å². The van der Waals surface area contributed by atoms with Gasteiger partial charge >= 0.3 is 5.97 Å². The monoisotopic (exact) mass is 194 g/mol. The highest BCUT2D eigenvalue weighted by Gasteiger charge is 2.10. The number of carboxylic acid groups (broad SMARTS) is 1. The van der Waals surface area contributed by atoms with Crippen molar-refractivity contribution in [2.75, 3.05) is 0 Å². The summed E-state index contributed by atoms with van der Waals surface area (Å²) >= 11 is 4.19. The minimum absolute atomic E-state index is 0.299. The van der Waals surface area contributed by atoms with Crippen LogP contribution in [-0.4, -0.2) is 11.1 Å². The Morgan fingerprint density at radius 3 is 2.85 bits per heavy atom. The summed E-state index contributed by atoms with van der Waals surface area (Å²) in [6.07, 6.45) is 2.20. The van der Waals surface area contributed by atoms with Gasteiger partial charge in [0.05, 0.1) is 5.56 Å². The lowest BCUT2D eigenvalue weighted by molar-refractivity contribution is 0.0695. The highest BCUT2D eigenvalue weighted by molar-refractivity contribution is 7.80. The van der Waals surface area contributed by atoms with Gasteiger partial charge in [-0.2, -0.15) is 0 Å². The number of carbonyl (C=O) groups is 1. The number of thiol groups is 1. The number of allylic oxidation sites excluding steroid dienone is 1. The third-order valence-electron chi connectivity index (χ3n) is 1.73. The molecular weight excluding hydrogens is 184 g/mol. The predicted octanol–water partition coefficient (Wildman–Crippen LogP) is 2.40. The molecule has 0 radical (unpaired) electrons. The number of hydrogen-bond donors (Lipinski definition) is 2. The lowest BCUT2D eigenvalue weighted by Gasteiger charge is -2.05. The smallest absolute Gasteiger partial charge is 0.336 e. The van der Waals surface area contributed by atoms with Crippen molar-refractivity contribution in [1.29, 1.82) is 0 Å². The number of carboxylic acids is 1. The lowest BCUT2D eigenvalue weighted by Crippen LogP contribution is -2.02. The fourth-order valence-electron chi connectivity index (χ4n) is 1.13. The Hall–Kier alpha value is -1.22. The molecule has 1 N–H and O–H groups in total. The zero-order valence-corrected chi connectivity index (χ0v) is 7.92. The average molecular weight is 194 g/mol. The second-order valence-electron chi connectivity index (χ2n) is 2.60. The van der Waals surface area contributed by atoms with Gasteiger partial charge in [0.1, 0.15) is 0 Å². The highest BCUT2D eigenvalue weighted by Crippen LogP contribution is 2.19. The molecule has 0 saturated carbocycles. The second kappa shape index (κ2) is 4.14. The molecule has 68 valence electrons. The van der Waals surface area contributed by atoms with Crippen molar-refractivity contribution < 1.29 is 9.90 Å². The van der Waals surface area contributed by atoms with E-state index in [1.165, 1.54) is 0 Å². The van der Waals surface area contributed by atoms with Gasteiger partial charge in [0, 0.05) is 4.90 Å². The summed E-state index contributed by atoms with van der Waals surface area (Å²) in [4.78, 5) is 11.5. The zero-order chi connectivity index (χ0) is 9.84. The minimum Gasteiger partial charge on any atom is -0.478 e. The van der Waals surface area contributed by atoms with Gasteiger partial charge in [0.2, 0.25) is 0 Å². The Balaban J connectivity index is 3.24. The first-order valence-electron chi connectivity index (χ1n) is 3.82. The molecule has 1 aromatic rings. The summed E-state index contributed by atoms with van der Waals surface area (Å²) in [6, 6.07) is 5.02. The molecule has 0 saturated heterocycles. The van der Waals surface area contributed by atoms with Crippen molar-refractivity contribution >= 4 is 18.6 Å².